The van der Waals surface area contributed by atoms with E-state index in [-0.39, 0.29) is 17.8 Å². The van der Waals surface area contributed by atoms with Gasteiger partial charge < -0.3 is 23.9 Å². The second-order valence-electron chi connectivity index (χ2n) is 7.11. The number of anilines is 1. The third kappa shape index (κ3) is 4.72. The molecule has 1 atom stereocenters. The number of nitrogens with zero attached hydrogens (tertiary/aromatic N) is 1. The summed E-state index contributed by atoms with van der Waals surface area (Å²) >= 11 is 0. The monoisotopic (exact) mass is 396 g/mol. The lowest BCUT2D eigenvalue weighted by Gasteiger charge is -2.25. The van der Waals surface area contributed by atoms with Gasteiger partial charge in [0.05, 0.1) is 6.54 Å². The highest BCUT2D eigenvalue weighted by molar-refractivity contribution is 5.90. The minimum atomic E-state index is -0.446. The molecule has 0 saturated carbocycles. The number of amides is 1. The summed E-state index contributed by atoms with van der Waals surface area (Å²) in [5.74, 6) is 1.03. The van der Waals surface area contributed by atoms with Gasteiger partial charge in [-0.3, -0.25) is 9.59 Å². The third-order valence-corrected chi connectivity index (χ3v) is 4.84. The number of aromatic nitrogens is 1. The van der Waals surface area contributed by atoms with E-state index in [1.807, 2.05) is 6.07 Å². The first-order chi connectivity index (χ1) is 14.1. The predicted octanol–water partition coefficient (Wildman–Crippen LogP) is 1.09. The average molecular weight is 396 g/mol. The molecule has 0 aliphatic carbocycles. The van der Waals surface area contributed by atoms with E-state index in [1.165, 1.54) is 28.4 Å². The Hall–Kier alpha value is -3.39. The molecule has 2 aromatic heterocycles. The predicted molar refractivity (Wildman–Crippen MR) is 104 cm³/mol. The van der Waals surface area contributed by atoms with E-state index in [4.69, 9.17) is 13.7 Å². The number of aryl methyl sites for hydroxylation is 1. The number of fused-ring (bicyclic) bond motifs is 1. The number of hydrogen-bond donors (Lipinski definition) is 2. The van der Waals surface area contributed by atoms with Crippen LogP contribution in [0.25, 0.3) is 0 Å². The number of rotatable bonds is 6. The van der Waals surface area contributed by atoms with Crippen LogP contribution in [-0.4, -0.2) is 24.2 Å². The van der Waals surface area contributed by atoms with Crippen LogP contribution in [0.2, 0.25) is 0 Å². The van der Waals surface area contributed by atoms with Gasteiger partial charge in [0.15, 0.2) is 18.2 Å². The van der Waals surface area contributed by atoms with Crippen molar-refractivity contribution in [1.29, 1.82) is 0 Å². The van der Waals surface area contributed by atoms with Crippen molar-refractivity contribution in [2.24, 2.45) is 0 Å². The number of hydrogen-bond acceptors (Lipinski definition) is 6. The molecule has 1 unspecified atom stereocenters. The quantitative estimate of drug-likeness (QED) is 0.647. The van der Waals surface area contributed by atoms with Crippen molar-refractivity contribution in [3.8, 4) is 5.75 Å². The summed E-state index contributed by atoms with van der Waals surface area (Å²) in [4.78, 5) is 25.5. The molecule has 1 aliphatic heterocycles. The summed E-state index contributed by atoms with van der Waals surface area (Å²) in [6.07, 6.45) is 2.28. The van der Waals surface area contributed by atoms with Crippen LogP contribution in [0.15, 0.2) is 56.4 Å². The first kappa shape index (κ1) is 18.9. The fraction of sp³-hybridized carbons (Fsp3) is 0.286. The van der Waals surface area contributed by atoms with Crippen molar-refractivity contribution in [2.45, 2.75) is 26.4 Å². The van der Waals surface area contributed by atoms with Crippen LogP contribution < -0.4 is 20.4 Å². The van der Waals surface area contributed by atoms with Crippen LogP contribution in [0.4, 0.5) is 5.82 Å². The van der Waals surface area contributed by atoms with Crippen molar-refractivity contribution < 1.29 is 23.4 Å². The van der Waals surface area contributed by atoms with E-state index < -0.39 is 5.91 Å². The highest BCUT2D eigenvalue weighted by atomic mass is 16.5. The molecule has 0 bridgehead atoms. The van der Waals surface area contributed by atoms with E-state index in [1.54, 1.807) is 13.0 Å². The van der Waals surface area contributed by atoms with Crippen LogP contribution in [0, 0.1) is 6.92 Å². The highest BCUT2D eigenvalue weighted by Crippen LogP contribution is 2.12. The molecule has 3 heterocycles. The molecule has 0 radical (unpaired) electrons. The van der Waals surface area contributed by atoms with Crippen molar-refractivity contribution >= 4 is 11.7 Å². The van der Waals surface area contributed by atoms with Gasteiger partial charge in [0, 0.05) is 24.1 Å². The smallest absolute Gasteiger partial charge is 0.263 e. The van der Waals surface area contributed by atoms with Gasteiger partial charge in [-0.15, -0.1) is 0 Å². The summed E-state index contributed by atoms with van der Waals surface area (Å²) < 4.78 is 15.7. The lowest BCUT2D eigenvalue weighted by molar-refractivity contribution is -0.930. The fourth-order valence-corrected chi connectivity index (χ4v) is 3.42. The van der Waals surface area contributed by atoms with Crippen LogP contribution in [0.3, 0.4) is 0 Å². The molecule has 1 aliphatic rings. The summed E-state index contributed by atoms with van der Waals surface area (Å²) in [6.45, 7) is 3.90. The van der Waals surface area contributed by atoms with Crippen LogP contribution in [0.5, 0.6) is 5.75 Å². The van der Waals surface area contributed by atoms with Crippen LogP contribution >= 0.6 is 0 Å². The second-order valence-corrected chi connectivity index (χ2v) is 7.11. The summed E-state index contributed by atoms with van der Waals surface area (Å²) in [6, 6.07) is 11.4. The maximum absolute atomic E-state index is 12.3. The lowest BCUT2D eigenvalue weighted by Crippen LogP contribution is -3.10. The Bertz CT molecular complexity index is 1070. The van der Waals surface area contributed by atoms with Crippen LogP contribution in [0.1, 0.15) is 22.6 Å². The van der Waals surface area contributed by atoms with Gasteiger partial charge in [-0.2, -0.15) is 0 Å². The van der Waals surface area contributed by atoms with E-state index in [0.29, 0.717) is 23.9 Å². The molecular formula is C21H22N3O5+. The average Bonchev–Trinajstić information content (AvgIpc) is 3.12. The molecule has 1 amide bonds. The molecule has 8 nitrogen and oxygen atoms in total. The Morgan fingerprint density at radius 2 is 2.10 bits per heavy atom. The zero-order valence-corrected chi connectivity index (χ0v) is 16.1. The first-order valence-corrected chi connectivity index (χ1v) is 9.45. The number of carbonyl (C=O) groups is 1. The van der Waals surface area contributed by atoms with Crippen molar-refractivity contribution in [3.05, 3.63) is 75.5 Å². The minimum Gasteiger partial charge on any atom is -0.477 e. The maximum atomic E-state index is 12.3. The zero-order valence-electron chi connectivity index (χ0n) is 16.1. The van der Waals surface area contributed by atoms with Gasteiger partial charge in [0.25, 0.3) is 5.91 Å². The lowest BCUT2D eigenvalue weighted by atomic mass is 10.00. The van der Waals surface area contributed by atoms with Crippen molar-refractivity contribution in [2.75, 3.05) is 18.5 Å². The SMILES string of the molecule is Cc1cc(NC(=O)COc2coc(C[NH+]3CCc4ccccc4C3)cc2=O)no1. The van der Waals surface area contributed by atoms with Gasteiger partial charge in [0.2, 0.25) is 11.2 Å². The molecule has 2 N–H and O–H groups in total. The Balaban J connectivity index is 1.32. The number of nitrogens with one attached hydrogen (secondary N) is 2. The van der Waals surface area contributed by atoms with E-state index in [0.717, 1.165) is 19.5 Å². The molecule has 1 aromatic carbocycles. The minimum absolute atomic E-state index is 0.000719. The molecule has 0 fully saturated rings. The number of quaternary nitrogens is 1. The van der Waals surface area contributed by atoms with Crippen molar-refractivity contribution in [1.82, 2.24) is 5.16 Å². The van der Waals surface area contributed by atoms with Gasteiger partial charge in [-0.25, -0.2) is 0 Å². The van der Waals surface area contributed by atoms with Crippen LogP contribution in [-0.2, 0) is 24.3 Å². The van der Waals surface area contributed by atoms with E-state index >= 15 is 0 Å². The first-order valence-electron chi connectivity index (χ1n) is 9.45. The molecular weight excluding hydrogens is 374 g/mol. The van der Waals surface area contributed by atoms with Crippen molar-refractivity contribution in [3.63, 3.8) is 0 Å². The Kier molecular flexibility index (Phi) is 5.44. The number of carbonyl (C=O) groups excluding carboxylic acids is 1. The summed E-state index contributed by atoms with van der Waals surface area (Å²) in [7, 11) is 0. The summed E-state index contributed by atoms with van der Waals surface area (Å²) in [5.41, 5.74) is 2.41. The zero-order chi connectivity index (χ0) is 20.2. The van der Waals surface area contributed by atoms with Gasteiger partial charge >= 0.3 is 0 Å². The topological polar surface area (TPSA) is 99.0 Å². The number of benzene rings is 1. The second kappa shape index (κ2) is 8.32. The Morgan fingerprint density at radius 3 is 2.86 bits per heavy atom. The van der Waals surface area contributed by atoms with E-state index in [9.17, 15) is 9.59 Å². The molecule has 4 rings (SSSR count). The molecule has 0 spiro atoms. The van der Waals surface area contributed by atoms with E-state index in [2.05, 4.69) is 28.7 Å². The molecule has 3 aromatic rings. The Labute approximate surface area is 167 Å². The Morgan fingerprint density at radius 1 is 1.28 bits per heavy atom. The molecule has 8 heteroatoms. The van der Waals surface area contributed by atoms with Gasteiger partial charge in [0.1, 0.15) is 25.1 Å². The summed E-state index contributed by atoms with van der Waals surface area (Å²) in [5, 5.41) is 6.19. The normalized spacial score (nSPS) is 15.6. The molecule has 29 heavy (non-hydrogen) atoms. The fourth-order valence-electron chi connectivity index (χ4n) is 3.42. The van der Waals surface area contributed by atoms with Gasteiger partial charge in [-0.05, 0) is 12.5 Å². The molecule has 150 valence electrons. The standard InChI is InChI=1S/C21H21N3O5/c1-14-8-20(23-29-14)22-21(26)13-28-19-12-27-17(9-18(19)25)11-24-7-6-15-4-2-3-5-16(15)10-24/h2-5,8-9,12H,6-7,10-11,13H2,1H3,(H,22,23,26)/p+1. The van der Waals surface area contributed by atoms with Gasteiger partial charge in [-0.1, -0.05) is 29.4 Å². The highest BCUT2D eigenvalue weighted by Gasteiger charge is 2.20. The third-order valence-electron chi connectivity index (χ3n) is 4.84. The molecule has 0 saturated heterocycles. The number of ether oxygens (including phenoxy) is 1. The largest absolute Gasteiger partial charge is 0.477 e. The maximum Gasteiger partial charge on any atom is 0.263 e.